The largest absolute Gasteiger partial charge is 0.634 e. The third-order valence-corrected chi connectivity index (χ3v) is 7.15. The number of methoxy groups -OCH3 is 1. The Morgan fingerprint density at radius 1 is 1.32 bits per heavy atom. The number of quaternary nitrogens is 1. The normalized spacial score (nSPS) is 27.6. The molecule has 1 aliphatic heterocycles. The van der Waals surface area contributed by atoms with Gasteiger partial charge in [0.2, 0.25) is 5.43 Å². The highest BCUT2D eigenvalue weighted by Gasteiger charge is 2.43. The summed E-state index contributed by atoms with van der Waals surface area (Å²) < 4.78 is 22.8. The van der Waals surface area contributed by atoms with Crippen LogP contribution in [0.3, 0.4) is 0 Å². The fraction of sp³-hybridized carbons (Fsp3) is 0.545. The van der Waals surface area contributed by atoms with Crippen molar-refractivity contribution in [3.63, 3.8) is 0 Å². The molecule has 2 aromatic rings. The van der Waals surface area contributed by atoms with Gasteiger partial charge in [-0.3, -0.25) is 4.79 Å². The molecule has 0 bridgehead atoms. The number of aromatic carboxylic acids is 1. The Morgan fingerprint density at radius 3 is 2.68 bits per heavy atom. The van der Waals surface area contributed by atoms with Gasteiger partial charge < -0.3 is 24.7 Å². The van der Waals surface area contributed by atoms with Crippen molar-refractivity contribution in [3.8, 4) is 5.75 Å². The fourth-order valence-electron chi connectivity index (χ4n) is 5.65. The minimum Gasteiger partial charge on any atom is -0.634 e. The van der Waals surface area contributed by atoms with E-state index in [-0.39, 0.29) is 52.3 Å². The molecule has 2 saturated carbocycles. The van der Waals surface area contributed by atoms with Gasteiger partial charge in [0, 0.05) is 30.1 Å². The summed E-state index contributed by atoms with van der Waals surface area (Å²) in [7, 11) is 1.46. The van der Waals surface area contributed by atoms with Crippen LogP contribution in [-0.4, -0.2) is 35.3 Å². The maximum absolute atomic E-state index is 15.4. The Labute approximate surface area is 184 Å². The summed E-state index contributed by atoms with van der Waals surface area (Å²) in [5.74, 6) is -1.45. The van der Waals surface area contributed by atoms with E-state index in [0.717, 1.165) is 32.1 Å². The van der Waals surface area contributed by atoms with Gasteiger partial charge >= 0.3 is 5.97 Å². The highest BCUT2D eigenvalue weighted by atomic mass is 35.5. The first kappa shape index (κ1) is 22.0. The van der Waals surface area contributed by atoms with Crippen molar-refractivity contribution in [3.05, 3.63) is 44.6 Å². The number of hydrogen-bond acceptors (Lipinski definition) is 4. The summed E-state index contributed by atoms with van der Waals surface area (Å²) in [6.45, 7) is 0.602. The number of rotatable bonds is 4. The van der Waals surface area contributed by atoms with Gasteiger partial charge in [-0.1, -0.05) is 0 Å². The number of carboxylic acid groups (broad SMARTS) is 1. The number of pyridine rings is 1. The molecular formula is C22H26ClFN2O5. The monoisotopic (exact) mass is 452 g/mol. The minimum absolute atomic E-state index is 0. The summed E-state index contributed by atoms with van der Waals surface area (Å²) in [4.78, 5) is 24.4. The smallest absolute Gasteiger partial charge is 0.341 e. The fourth-order valence-corrected chi connectivity index (χ4v) is 5.65. The lowest BCUT2D eigenvalue weighted by atomic mass is 9.91. The molecule has 31 heavy (non-hydrogen) atoms. The summed E-state index contributed by atoms with van der Waals surface area (Å²) in [6, 6.07) is 1.22. The van der Waals surface area contributed by atoms with E-state index in [2.05, 4.69) is 0 Å². The number of nitrogens with zero attached hydrogens (tertiary/aromatic N) is 1. The van der Waals surface area contributed by atoms with Gasteiger partial charge in [0.15, 0.2) is 0 Å². The molecule has 0 spiro atoms. The molecule has 1 saturated heterocycles. The number of fused-ring (bicyclic) bond motifs is 2. The van der Waals surface area contributed by atoms with E-state index < -0.39 is 17.2 Å². The second-order valence-electron chi connectivity index (χ2n) is 8.91. The molecule has 3 aliphatic rings. The number of halogens is 2. The standard InChI is InChI=1S/C22H25FN2O5.ClH/c1-30-21-18(12-7-11-3-2-6-25(29)17(11)8-12)16(23)9-14-19(21)24(13-4-5-13)10-15(20(14)26)22(27)28;/h9-13,17,25H,2-8H2,1H3,(H,27,28);1H/t11-,12?,17+;/m0./s1. The minimum atomic E-state index is -1.32. The van der Waals surface area contributed by atoms with Crippen LogP contribution in [0.2, 0.25) is 0 Å². The highest BCUT2D eigenvalue weighted by molar-refractivity contribution is 5.95. The van der Waals surface area contributed by atoms with Gasteiger partial charge in [0.05, 0.1) is 30.6 Å². The van der Waals surface area contributed by atoms with Crippen molar-refractivity contribution < 1.29 is 24.1 Å². The van der Waals surface area contributed by atoms with Gasteiger partial charge in [-0.15, -0.1) is 12.4 Å². The van der Waals surface area contributed by atoms with Crippen LogP contribution in [0.1, 0.15) is 66.4 Å². The molecule has 2 N–H and O–H groups in total. The van der Waals surface area contributed by atoms with Crippen molar-refractivity contribution >= 4 is 29.3 Å². The van der Waals surface area contributed by atoms with Gasteiger partial charge in [-0.2, -0.15) is 0 Å². The van der Waals surface area contributed by atoms with E-state index in [1.807, 2.05) is 0 Å². The van der Waals surface area contributed by atoms with Crippen molar-refractivity contribution in [2.45, 2.75) is 56.5 Å². The average molecular weight is 453 g/mol. The van der Waals surface area contributed by atoms with E-state index in [9.17, 15) is 19.9 Å². The Morgan fingerprint density at radius 2 is 2.06 bits per heavy atom. The van der Waals surface area contributed by atoms with E-state index in [1.54, 1.807) is 4.57 Å². The summed E-state index contributed by atoms with van der Waals surface area (Å²) in [5, 5.41) is 22.1. The van der Waals surface area contributed by atoms with Crippen LogP contribution in [0.4, 0.5) is 4.39 Å². The molecule has 7 nitrogen and oxygen atoms in total. The quantitative estimate of drug-likeness (QED) is 0.695. The number of benzene rings is 1. The number of aromatic nitrogens is 1. The third-order valence-electron chi connectivity index (χ3n) is 7.15. The van der Waals surface area contributed by atoms with Crippen molar-refractivity contribution in [2.75, 3.05) is 13.7 Å². The topological polar surface area (TPSA) is 96.0 Å². The molecule has 1 aromatic heterocycles. The predicted octanol–water partition coefficient (Wildman–Crippen LogP) is 2.64. The first-order valence-electron chi connectivity index (χ1n) is 10.6. The SMILES string of the molecule is COc1c(C2C[C@@H]3CCC[NH+]([O-])[C@@H]3C2)c(F)cc2c(=O)c(C(=O)O)cn(C3CC3)c12.Cl. The van der Waals surface area contributed by atoms with Crippen molar-refractivity contribution in [1.29, 1.82) is 0 Å². The van der Waals surface area contributed by atoms with Crippen molar-refractivity contribution in [2.24, 2.45) is 5.92 Å². The Hall–Kier alpha value is -2.16. The van der Waals surface area contributed by atoms with Crippen LogP contribution in [0.25, 0.3) is 10.9 Å². The third kappa shape index (κ3) is 3.50. The zero-order valence-corrected chi connectivity index (χ0v) is 18.0. The predicted molar refractivity (Wildman–Crippen MR) is 115 cm³/mol. The van der Waals surface area contributed by atoms with Crippen LogP contribution >= 0.6 is 12.4 Å². The highest BCUT2D eigenvalue weighted by Crippen LogP contribution is 2.48. The molecule has 0 radical (unpaired) electrons. The molecule has 2 heterocycles. The maximum atomic E-state index is 15.4. The Kier molecular flexibility index (Phi) is 5.74. The number of piperidine rings is 1. The first-order valence-corrected chi connectivity index (χ1v) is 10.6. The summed E-state index contributed by atoms with van der Waals surface area (Å²) in [6.07, 6.45) is 6.32. The Balaban J connectivity index is 0.00000231. The van der Waals surface area contributed by atoms with Gasteiger partial charge in [-0.05, 0) is 44.1 Å². The number of hydroxylamine groups is 2. The number of carboxylic acids is 1. The second kappa shape index (κ2) is 8.07. The number of carbonyl (C=O) groups is 1. The van der Waals surface area contributed by atoms with Gasteiger partial charge in [0.1, 0.15) is 17.1 Å². The molecule has 2 unspecified atom stereocenters. The lowest BCUT2D eigenvalue weighted by Crippen LogP contribution is -3.12. The molecule has 1 aromatic carbocycles. The molecular weight excluding hydrogens is 427 g/mol. The molecule has 0 amide bonds. The lowest BCUT2D eigenvalue weighted by Gasteiger charge is -2.37. The van der Waals surface area contributed by atoms with E-state index in [0.29, 0.717) is 29.8 Å². The van der Waals surface area contributed by atoms with Crippen LogP contribution < -0.4 is 15.2 Å². The second-order valence-corrected chi connectivity index (χ2v) is 8.91. The van der Waals surface area contributed by atoms with E-state index in [1.165, 1.54) is 19.4 Å². The lowest BCUT2D eigenvalue weighted by molar-refractivity contribution is -0.884. The summed E-state index contributed by atoms with van der Waals surface area (Å²) in [5.41, 5.74) is -0.175. The number of nitrogens with one attached hydrogen (secondary N) is 1. The van der Waals surface area contributed by atoms with Crippen LogP contribution in [0, 0.1) is 16.9 Å². The summed E-state index contributed by atoms with van der Waals surface area (Å²) >= 11 is 0. The number of hydrogen-bond donors (Lipinski definition) is 2. The van der Waals surface area contributed by atoms with Gasteiger partial charge in [0.25, 0.3) is 0 Å². The first-order chi connectivity index (χ1) is 14.4. The molecule has 3 fully saturated rings. The number of ether oxygens (including phenoxy) is 1. The average Bonchev–Trinajstić information content (AvgIpc) is 3.46. The zero-order chi connectivity index (χ0) is 21.2. The zero-order valence-electron chi connectivity index (χ0n) is 17.2. The molecule has 9 heteroatoms. The van der Waals surface area contributed by atoms with Crippen LogP contribution in [0.5, 0.6) is 5.75 Å². The van der Waals surface area contributed by atoms with E-state index in [4.69, 9.17) is 4.74 Å². The van der Waals surface area contributed by atoms with Crippen molar-refractivity contribution in [1.82, 2.24) is 4.57 Å². The molecule has 168 valence electrons. The molecule has 5 rings (SSSR count). The van der Waals surface area contributed by atoms with Crippen LogP contribution in [0.15, 0.2) is 17.1 Å². The van der Waals surface area contributed by atoms with Crippen LogP contribution in [-0.2, 0) is 0 Å². The van der Waals surface area contributed by atoms with Gasteiger partial charge in [-0.25, -0.2) is 9.18 Å². The molecule has 4 atom stereocenters. The molecule has 2 aliphatic carbocycles. The maximum Gasteiger partial charge on any atom is 0.341 e. The van der Waals surface area contributed by atoms with E-state index >= 15 is 4.39 Å². The Bertz CT molecular complexity index is 1100.